The molecule has 14 heavy (non-hydrogen) atoms. The maximum Gasteiger partial charge on any atom is 0.00454 e. The summed E-state index contributed by atoms with van der Waals surface area (Å²) in [7, 11) is 0. The Morgan fingerprint density at radius 2 is 2.07 bits per heavy atom. The van der Waals surface area contributed by atoms with Gasteiger partial charge in [0.25, 0.3) is 0 Å². The molecule has 0 aliphatic carbocycles. The molecule has 2 N–H and O–H groups in total. The molecular formula is C12H21NS. The molecule has 0 bridgehead atoms. The fourth-order valence-corrected chi connectivity index (χ4v) is 2.55. The summed E-state index contributed by atoms with van der Waals surface area (Å²) in [5.41, 5.74) is 6.25. The summed E-state index contributed by atoms with van der Waals surface area (Å²) in [6.45, 7) is 5.33. The van der Waals surface area contributed by atoms with Crippen LogP contribution in [0.25, 0.3) is 0 Å². The fourth-order valence-electron chi connectivity index (χ4n) is 1.84. The molecule has 0 radical (unpaired) electrons. The number of thiophene rings is 1. The number of hydrogen-bond donors (Lipinski definition) is 1. The van der Waals surface area contributed by atoms with Gasteiger partial charge in [-0.15, -0.1) is 11.3 Å². The van der Waals surface area contributed by atoms with Crippen LogP contribution in [0.4, 0.5) is 0 Å². The van der Waals surface area contributed by atoms with Crippen LogP contribution in [0.1, 0.15) is 38.0 Å². The molecule has 0 unspecified atom stereocenters. The average Bonchev–Trinajstić information content (AvgIpc) is 2.74. The summed E-state index contributed by atoms with van der Waals surface area (Å²) >= 11 is 1.85. The molecule has 1 heterocycles. The van der Waals surface area contributed by atoms with Gasteiger partial charge in [0.15, 0.2) is 0 Å². The van der Waals surface area contributed by atoms with E-state index in [0.29, 0.717) is 5.41 Å². The van der Waals surface area contributed by atoms with Gasteiger partial charge in [-0.05, 0) is 49.1 Å². The van der Waals surface area contributed by atoms with Crippen LogP contribution in [-0.2, 0) is 6.42 Å². The Bertz CT molecular complexity index is 229. The van der Waals surface area contributed by atoms with Gasteiger partial charge < -0.3 is 5.73 Å². The summed E-state index contributed by atoms with van der Waals surface area (Å²) in [4.78, 5) is 1.49. The second kappa shape index (κ2) is 5.52. The van der Waals surface area contributed by atoms with E-state index in [1.807, 2.05) is 11.3 Å². The van der Waals surface area contributed by atoms with Crippen molar-refractivity contribution in [3.8, 4) is 0 Å². The number of rotatable bonds is 6. The highest BCUT2D eigenvalue weighted by atomic mass is 32.1. The smallest absolute Gasteiger partial charge is 0.00454 e. The van der Waals surface area contributed by atoms with Crippen molar-refractivity contribution in [2.75, 3.05) is 6.54 Å². The van der Waals surface area contributed by atoms with Crippen molar-refractivity contribution in [1.82, 2.24) is 0 Å². The highest BCUT2D eigenvalue weighted by molar-refractivity contribution is 7.09. The molecule has 0 aromatic carbocycles. The van der Waals surface area contributed by atoms with Gasteiger partial charge in [0.05, 0.1) is 0 Å². The van der Waals surface area contributed by atoms with E-state index < -0.39 is 0 Å². The van der Waals surface area contributed by atoms with Gasteiger partial charge in [-0.3, -0.25) is 0 Å². The van der Waals surface area contributed by atoms with Crippen LogP contribution in [0.2, 0.25) is 0 Å². The molecule has 0 saturated carbocycles. The Hall–Kier alpha value is -0.340. The van der Waals surface area contributed by atoms with Crippen molar-refractivity contribution in [3.05, 3.63) is 22.4 Å². The topological polar surface area (TPSA) is 26.0 Å². The molecule has 1 aromatic rings. The molecule has 2 heteroatoms. The van der Waals surface area contributed by atoms with Crippen LogP contribution in [0.3, 0.4) is 0 Å². The zero-order valence-electron chi connectivity index (χ0n) is 9.25. The summed E-state index contributed by atoms with van der Waals surface area (Å²) in [6.07, 6.45) is 4.82. The van der Waals surface area contributed by atoms with Crippen molar-refractivity contribution >= 4 is 11.3 Å². The van der Waals surface area contributed by atoms with Crippen LogP contribution < -0.4 is 5.73 Å². The molecule has 0 fully saturated rings. The van der Waals surface area contributed by atoms with Crippen molar-refractivity contribution in [2.24, 2.45) is 11.1 Å². The van der Waals surface area contributed by atoms with Gasteiger partial charge in [-0.2, -0.15) is 0 Å². The van der Waals surface area contributed by atoms with Gasteiger partial charge in [-0.1, -0.05) is 19.9 Å². The number of aryl methyl sites for hydroxylation is 1. The summed E-state index contributed by atoms with van der Waals surface area (Å²) < 4.78 is 0. The lowest BCUT2D eigenvalue weighted by Gasteiger charge is -2.29. The molecule has 0 amide bonds. The molecular weight excluding hydrogens is 190 g/mol. The minimum absolute atomic E-state index is 0.379. The quantitative estimate of drug-likeness (QED) is 0.766. The maximum absolute atomic E-state index is 5.87. The molecule has 0 aliphatic heterocycles. The third kappa shape index (κ3) is 2.82. The summed E-state index contributed by atoms with van der Waals surface area (Å²) in [5.74, 6) is 0. The molecule has 0 spiro atoms. The van der Waals surface area contributed by atoms with E-state index in [2.05, 4.69) is 31.4 Å². The van der Waals surface area contributed by atoms with E-state index in [9.17, 15) is 0 Å². The first-order chi connectivity index (χ1) is 6.76. The summed E-state index contributed by atoms with van der Waals surface area (Å²) in [6, 6.07) is 4.35. The average molecular weight is 211 g/mol. The molecule has 1 aromatic heterocycles. The Morgan fingerprint density at radius 3 is 2.50 bits per heavy atom. The number of nitrogens with two attached hydrogens (primary N) is 1. The standard InChI is InChI=1S/C12H21NS/c1-3-12(4-2,10-13)8-7-11-6-5-9-14-11/h5-6,9H,3-4,7-8,10,13H2,1-2H3. The van der Waals surface area contributed by atoms with Gasteiger partial charge in [0.2, 0.25) is 0 Å². The van der Waals surface area contributed by atoms with E-state index in [1.54, 1.807) is 0 Å². The van der Waals surface area contributed by atoms with Crippen molar-refractivity contribution < 1.29 is 0 Å². The minimum atomic E-state index is 0.379. The highest BCUT2D eigenvalue weighted by Crippen LogP contribution is 2.31. The first-order valence-corrected chi connectivity index (χ1v) is 6.37. The normalized spacial score (nSPS) is 11.9. The minimum Gasteiger partial charge on any atom is -0.330 e. The molecule has 1 nitrogen and oxygen atoms in total. The van der Waals surface area contributed by atoms with Crippen LogP contribution in [0, 0.1) is 5.41 Å². The highest BCUT2D eigenvalue weighted by Gasteiger charge is 2.23. The van der Waals surface area contributed by atoms with Gasteiger partial charge in [0, 0.05) is 4.88 Å². The van der Waals surface area contributed by atoms with Gasteiger partial charge >= 0.3 is 0 Å². The van der Waals surface area contributed by atoms with Crippen LogP contribution in [0.5, 0.6) is 0 Å². The number of hydrogen-bond acceptors (Lipinski definition) is 2. The zero-order valence-corrected chi connectivity index (χ0v) is 10.1. The van der Waals surface area contributed by atoms with E-state index in [-0.39, 0.29) is 0 Å². The van der Waals surface area contributed by atoms with Gasteiger partial charge in [0.1, 0.15) is 0 Å². The lowest BCUT2D eigenvalue weighted by atomic mass is 9.78. The predicted octanol–water partition coefficient (Wildman–Crippen LogP) is 3.45. The van der Waals surface area contributed by atoms with E-state index in [4.69, 9.17) is 5.73 Å². The SMILES string of the molecule is CCC(CC)(CN)CCc1cccs1. The fraction of sp³-hybridized carbons (Fsp3) is 0.667. The third-order valence-electron chi connectivity index (χ3n) is 3.41. The Kier molecular flexibility index (Phi) is 4.63. The van der Waals surface area contributed by atoms with E-state index in [1.165, 1.54) is 30.6 Å². The van der Waals surface area contributed by atoms with Crippen LogP contribution >= 0.6 is 11.3 Å². The first-order valence-electron chi connectivity index (χ1n) is 5.49. The Morgan fingerprint density at radius 1 is 1.36 bits per heavy atom. The second-order valence-corrected chi connectivity index (χ2v) is 5.02. The summed E-state index contributed by atoms with van der Waals surface area (Å²) in [5, 5.41) is 2.15. The van der Waals surface area contributed by atoms with E-state index in [0.717, 1.165) is 6.54 Å². The molecule has 0 aliphatic rings. The van der Waals surface area contributed by atoms with Crippen LogP contribution in [0.15, 0.2) is 17.5 Å². The monoisotopic (exact) mass is 211 g/mol. The van der Waals surface area contributed by atoms with Crippen molar-refractivity contribution in [1.29, 1.82) is 0 Å². The van der Waals surface area contributed by atoms with E-state index >= 15 is 0 Å². The van der Waals surface area contributed by atoms with Crippen LogP contribution in [-0.4, -0.2) is 6.54 Å². The zero-order chi connectivity index (χ0) is 10.4. The largest absolute Gasteiger partial charge is 0.330 e. The third-order valence-corrected chi connectivity index (χ3v) is 4.35. The predicted molar refractivity (Wildman–Crippen MR) is 64.7 cm³/mol. The lowest BCUT2D eigenvalue weighted by Crippen LogP contribution is -2.29. The lowest BCUT2D eigenvalue weighted by molar-refractivity contribution is 0.251. The van der Waals surface area contributed by atoms with Crippen molar-refractivity contribution in [2.45, 2.75) is 39.5 Å². The second-order valence-electron chi connectivity index (χ2n) is 3.99. The first kappa shape index (κ1) is 11.7. The van der Waals surface area contributed by atoms with Gasteiger partial charge in [-0.25, -0.2) is 0 Å². The molecule has 0 atom stereocenters. The Labute approximate surface area is 91.3 Å². The maximum atomic E-state index is 5.87. The Balaban J connectivity index is 2.48. The molecule has 0 saturated heterocycles. The molecule has 1 rings (SSSR count). The molecule has 80 valence electrons. The van der Waals surface area contributed by atoms with Crippen molar-refractivity contribution in [3.63, 3.8) is 0 Å².